The summed E-state index contributed by atoms with van der Waals surface area (Å²) in [6.45, 7) is 4.53. The molecule has 0 heterocycles. The van der Waals surface area contributed by atoms with Crippen molar-refractivity contribution in [3.8, 4) is 0 Å². The van der Waals surface area contributed by atoms with Gasteiger partial charge >= 0.3 is 0 Å². The predicted molar refractivity (Wildman–Crippen MR) is 216 cm³/mol. The summed E-state index contributed by atoms with van der Waals surface area (Å²) in [7, 11) is -4.35. The van der Waals surface area contributed by atoms with Gasteiger partial charge in [0.15, 0.2) is 0 Å². The molecule has 2 atom stereocenters. The van der Waals surface area contributed by atoms with Crippen molar-refractivity contribution in [2.75, 3.05) is 5.75 Å². The average molecular weight is 726 g/mol. The van der Waals surface area contributed by atoms with Crippen LogP contribution in [0.3, 0.4) is 0 Å². The van der Waals surface area contributed by atoms with Gasteiger partial charge in [0.1, 0.15) is 0 Å². The van der Waals surface area contributed by atoms with Crippen molar-refractivity contribution >= 4 is 16.0 Å². The monoisotopic (exact) mass is 726 g/mol. The first-order valence-electron chi connectivity index (χ1n) is 21.5. The highest BCUT2D eigenvalue weighted by molar-refractivity contribution is 7.85. The minimum absolute atomic E-state index is 0.285. The van der Waals surface area contributed by atoms with E-state index >= 15 is 0 Å². The van der Waals surface area contributed by atoms with Gasteiger partial charge in [-0.1, -0.05) is 212 Å². The molecule has 3 N–H and O–H groups in total. The van der Waals surface area contributed by atoms with Crippen LogP contribution in [0, 0.1) is 0 Å². The van der Waals surface area contributed by atoms with Gasteiger partial charge in [-0.15, -0.1) is 0 Å². The lowest BCUT2D eigenvalue weighted by molar-refractivity contribution is -0.122. The fourth-order valence-electron chi connectivity index (χ4n) is 6.64. The summed E-state index contributed by atoms with van der Waals surface area (Å²) in [6.07, 6.45) is 47.4. The molecular weight excluding hydrogens is 643 g/mol. The van der Waals surface area contributed by atoms with E-state index in [1.807, 2.05) is 6.08 Å². The Labute approximate surface area is 311 Å². The van der Waals surface area contributed by atoms with Gasteiger partial charge in [0.25, 0.3) is 10.1 Å². The van der Waals surface area contributed by atoms with E-state index in [1.165, 1.54) is 173 Å². The first-order valence-corrected chi connectivity index (χ1v) is 23.1. The predicted octanol–water partition coefficient (Wildman–Crippen LogP) is 12.7. The number of hydrogen-bond acceptors (Lipinski definition) is 4. The molecule has 0 fully saturated rings. The van der Waals surface area contributed by atoms with Crippen LogP contribution < -0.4 is 5.32 Å². The van der Waals surface area contributed by atoms with Crippen molar-refractivity contribution < 1.29 is 22.9 Å². The maximum absolute atomic E-state index is 12.5. The minimum atomic E-state index is -4.35. The van der Waals surface area contributed by atoms with Crippen LogP contribution in [0.15, 0.2) is 24.3 Å². The summed E-state index contributed by atoms with van der Waals surface area (Å²) in [4.78, 5) is 12.5. The number of allylic oxidation sites excluding steroid dienone is 3. The second-order valence-corrected chi connectivity index (χ2v) is 16.5. The highest BCUT2D eigenvalue weighted by Gasteiger charge is 2.24. The van der Waals surface area contributed by atoms with Gasteiger partial charge in [0.05, 0.1) is 17.9 Å². The van der Waals surface area contributed by atoms with Crippen molar-refractivity contribution in [2.45, 2.75) is 238 Å². The maximum Gasteiger partial charge on any atom is 0.267 e. The van der Waals surface area contributed by atoms with Gasteiger partial charge in [-0.3, -0.25) is 9.35 Å². The van der Waals surface area contributed by atoms with Gasteiger partial charge in [0, 0.05) is 6.42 Å². The quantitative estimate of drug-likeness (QED) is 0.0332. The Hall–Kier alpha value is -1.18. The zero-order chi connectivity index (χ0) is 36.8. The molecule has 0 bridgehead atoms. The van der Waals surface area contributed by atoms with Gasteiger partial charge in [0.2, 0.25) is 5.91 Å². The van der Waals surface area contributed by atoms with Crippen molar-refractivity contribution in [3.63, 3.8) is 0 Å². The Morgan fingerprint density at radius 1 is 0.520 bits per heavy atom. The fraction of sp³-hybridized carbons (Fsp3) is 0.884. The Kier molecular flexibility index (Phi) is 36.7. The van der Waals surface area contributed by atoms with Crippen molar-refractivity contribution in [1.82, 2.24) is 5.32 Å². The van der Waals surface area contributed by atoms with Crippen molar-refractivity contribution in [2.24, 2.45) is 0 Å². The molecule has 296 valence electrons. The molecule has 0 aromatic carbocycles. The summed E-state index contributed by atoms with van der Waals surface area (Å²) >= 11 is 0. The highest BCUT2D eigenvalue weighted by Crippen LogP contribution is 2.15. The highest BCUT2D eigenvalue weighted by atomic mass is 32.2. The molecule has 0 aliphatic heterocycles. The number of carbonyl (C=O) groups is 1. The van der Waals surface area contributed by atoms with Crippen LogP contribution in [0.1, 0.15) is 226 Å². The number of carbonyl (C=O) groups excluding carboxylic acids is 1. The summed E-state index contributed by atoms with van der Waals surface area (Å²) < 4.78 is 32.5. The minimum Gasteiger partial charge on any atom is -0.387 e. The van der Waals surface area contributed by atoms with E-state index in [2.05, 4.69) is 31.3 Å². The number of rotatable bonds is 39. The Balaban J connectivity index is 3.91. The summed E-state index contributed by atoms with van der Waals surface area (Å²) in [5, 5.41) is 13.2. The van der Waals surface area contributed by atoms with E-state index in [-0.39, 0.29) is 5.91 Å². The molecule has 0 aromatic heterocycles. The normalized spacial score (nSPS) is 13.4. The van der Waals surface area contributed by atoms with Crippen LogP contribution >= 0.6 is 0 Å². The SMILES string of the molecule is CCCCCCCCCCCCCCCC/C=C/CC/C=C/C(O)C(CS(=O)(=O)O)NC(=O)CCCCCCCCCCCCCCCCC. The van der Waals surface area contributed by atoms with Crippen LogP contribution in [0.2, 0.25) is 0 Å². The van der Waals surface area contributed by atoms with Crippen molar-refractivity contribution in [1.29, 1.82) is 0 Å². The average Bonchev–Trinajstić information content (AvgIpc) is 3.08. The van der Waals surface area contributed by atoms with Gasteiger partial charge in [-0.25, -0.2) is 0 Å². The van der Waals surface area contributed by atoms with E-state index in [0.717, 1.165) is 38.5 Å². The van der Waals surface area contributed by atoms with Crippen LogP contribution in [0.25, 0.3) is 0 Å². The molecule has 0 saturated carbocycles. The zero-order valence-electron chi connectivity index (χ0n) is 33.0. The van der Waals surface area contributed by atoms with E-state index in [4.69, 9.17) is 0 Å². The molecule has 0 aliphatic rings. The molecule has 1 amide bonds. The lowest BCUT2D eigenvalue weighted by Crippen LogP contribution is -2.46. The third-order valence-corrected chi connectivity index (χ3v) is 10.7. The third-order valence-electron chi connectivity index (χ3n) is 9.88. The molecule has 6 nitrogen and oxygen atoms in total. The van der Waals surface area contributed by atoms with Crippen LogP contribution in [0.5, 0.6) is 0 Å². The van der Waals surface area contributed by atoms with Gasteiger partial charge < -0.3 is 10.4 Å². The second-order valence-electron chi connectivity index (χ2n) is 15.0. The maximum atomic E-state index is 12.5. The van der Waals surface area contributed by atoms with Gasteiger partial charge in [-0.05, 0) is 32.1 Å². The van der Waals surface area contributed by atoms with Crippen LogP contribution in [0.4, 0.5) is 0 Å². The largest absolute Gasteiger partial charge is 0.387 e. The van der Waals surface area contributed by atoms with E-state index in [0.29, 0.717) is 6.42 Å². The lowest BCUT2D eigenvalue weighted by atomic mass is 10.0. The number of hydrogen-bond donors (Lipinski definition) is 3. The molecule has 0 rings (SSSR count). The zero-order valence-corrected chi connectivity index (χ0v) is 33.8. The summed E-state index contributed by atoms with van der Waals surface area (Å²) in [6, 6.07) is -1.07. The Bertz CT molecular complexity index is 888. The molecule has 0 saturated heterocycles. The topological polar surface area (TPSA) is 104 Å². The number of aliphatic hydroxyl groups is 1. The smallest absolute Gasteiger partial charge is 0.267 e. The first-order chi connectivity index (χ1) is 24.3. The molecule has 0 radical (unpaired) electrons. The molecule has 0 spiro atoms. The van der Waals surface area contributed by atoms with E-state index in [1.54, 1.807) is 0 Å². The van der Waals surface area contributed by atoms with E-state index in [9.17, 15) is 22.9 Å². The summed E-state index contributed by atoms with van der Waals surface area (Å²) in [5.74, 6) is -0.991. The molecular formula is C43H83NO5S. The van der Waals surface area contributed by atoms with E-state index < -0.39 is 28.0 Å². The Morgan fingerprint density at radius 2 is 0.860 bits per heavy atom. The molecule has 50 heavy (non-hydrogen) atoms. The fourth-order valence-corrected chi connectivity index (χ4v) is 7.38. The standard InChI is InChI=1S/C43H83NO5S/c1-3-5-7-9-11-13-15-17-19-20-21-22-23-25-26-28-30-32-34-36-38-42(45)41(40-50(47,48)49)44-43(46)39-37-35-33-31-29-27-24-18-16-14-12-10-8-6-4-2/h28,30,36,38,41-42,45H,3-27,29,31-35,37,39-40H2,1-2H3,(H,44,46)(H,47,48,49)/b30-28+,38-36+. The number of aliphatic hydroxyl groups excluding tert-OH is 1. The van der Waals surface area contributed by atoms with Crippen molar-refractivity contribution in [3.05, 3.63) is 24.3 Å². The molecule has 0 aliphatic carbocycles. The molecule has 0 aromatic rings. The first kappa shape index (κ1) is 48.8. The van der Waals surface area contributed by atoms with Crippen LogP contribution in [-0.2, 0) is 14.9 Å². The van der Waals surface area contributed by atoms with Crippen LogP contribution in [-0.4, -0.2) is 41.9 Å². The van der Waals surface area contributed by atoms with Gasteiger partial charge in [-0.2, -0.15) is 8.42 Å². The number of nitrogens with one attached hydrogen (secondary N) is 1. The third kappa shape index (κ3) is 38.1. The number of unbranched alkanes of at least 4 members (excludes halogenated alkanes) is 29. The lowest BCUT2D eigenvalue weighted by Gasteiger charge is -2.21. The second kappa shape index (κ2) is 37.6. The number of amides is 1. The molecule has 7 heteroatoms. The molecule has 2 unspecified atom stereocenters. The Morgan fingerprint density at radius 3 is 1.26 bits per heavy atom. The summed E-state index contributed by atoms with van der Waals surface area (Å²) in [5.41, 5.74) is 0.